The average Bonchev–Trinajstić information content (AvgIpc) is 2.40. The first-order valence-electron chi connectivity index (χ1n) is 6.56. The Morgan fingerprint density at radius 3 is 2.39 bits per heavy atom. The van der Waals surface area contributed by atoms with Gasteiger partial charge in [0.15, 0.2) is 0 Å². The van der Waals surface area contributed by atoms with Gasteiger partial charge >= 0.3 is 6.01 Å². The number of hydrogen-bond acceptors (Lipinski definition) is 6. The second-order valence-corrected chi connectivity index (χ2v) is 3.87. The molecular weight excluding hydrogens is 230 g/mol. The van der Waals surface area contributed by atoms with Crippen LogP contribution in [0.5, 0.6) is 6.01 Å². The third-order valence-electron chi connectivity index (χ3n) is 2.60. The maximum atomic E-state index is 5.54. The molecule has 0 radical (unpaired) electrons. The highest BCUT2D eigenvalue weighted by molar-refractivity contribution is 5.37. The second kappa shape index (κ2) is 7.68. The lowest BCUT2D eigenvalue weighted by atomic mass is 10.4. The molecule has 0 amide bonds. The van der Waals surface area contributed by atoms with Crippen molar-refractivity contribution in [2.24, 2.45) is 0 Å². The number of unbranched alkanes of at least 4 members (excludes halogenated alkanes) is 1. The predicted octanol–water partition coefficient (Wildman–Crippen LogP) is 1.94. The Balaban J connectivity index is 2.86. The van der Waals surface area contributed by atoms with E-state index in [1.165, 1.54) is 0 Å². The van der Waals surface area contributed by atoms with E-state index in [-0.39, 0.29) is 0 Å². The first-order valence-corrected chi connectivity index (χ1v) is 6.56. The molecule has 0 spiro atoms. The van der Waals surface area contributed by atoms with Gasteiger partial charge in [-0.15, -0.1) is 0 Å². The highest BCUT2D eigenvalue weighted by Crippen LogP contribution is 2.14. The Labute approximate surface area is 109 Å². The van der Waals surface area contributed by atoms with Gasteiger partial charge in [-0.05, 0) is 20.3 Å². The van der Waals surface area contributed by atoms with E-state index in [0.717, 1.165) is 25.9 Å². The van der Waals surface area contributed by atoms with Crippen molar-refractivity contribution in [3.63, 3.8) is 0 Å². The second-order valence-electron chi connectivity index (χ2n) is 3.87. The molecule has 6 heteroatoms. The van der Waals surface area contributed by atoms with Crippen LogP contribution in [0.15, 0.2) is 0 Å². The molecule has 18 heavy (non-hydrogen) atoms. The van der Waals surface area contributed by atoms with Gasteiger partial charge in [-0.2, -0.15) is 15.0 Å². The molecule has 1 aromatic heterocycles. The van der Waals surface area contributed by atoms with Crippen LogP contribution in [0, 0.1) is 0 Å². The van der Waals surface area contributed by atoms with Gasteiger partial charge in [0.05, 0.1) is 6.61 Å². The summed E-state index contributed by atoms with van der Waals surface area (Å²) in [5, 5.41) is 2.93. The van der Waals surface area contributed by atoms with Crippen molar-refractivity contribution in [3.05, 3.63) is 0 Å². The van der Waals surface area contributed by atoms with Crippen molar-refractivity contribution in [2.45, 2.75) is 33.6 Å². The van der Waals surface area contributed by atoms with Crippen LogP contribution >= 0.6 is 0 Å². The minimum atomic E-state index is 0.393. The van der Waals surface area contributed by atoms with Gasteiger partial charge in [0, 0.05) is 20.1 Å². The minimum Gasteiger partial charge on any atom is -0.463 e. The lowest BCUT2D eigenvalue weighted by molar-refractivity contribution is 0.285. The molecule has 1 N–H and O–H groups in total. The van der Waals surface area contributed by atoms with E-state index in [0.29, 0.717) is 24.5 Å². The van der Waals surface area contributed by atoms with Crippen molar-refractivity contribution in [1.29, 1.82) is 0 Å². The van der Waals surface area contributed by atoms with Crippen LogP contribution < -0.4 is 15.0 Å². The van der Waals surface area contributed by atoms with E-state index in [9.17, 15) is 0 Å². The molecule has 1 rings (SSSR count). The molecular formula is C12H23N5O. The van der Waals surface area contributed by atoms with Crippen molar-refractivity contribution in [1.82, 2.24) is 15.0 Å². The Hall–Kier alpha value is -1.59. The zero-order valence-corrected chi connectivity index (χ0v) is 11.7. The van der Waals surface area contributed by atoms with Crippen molar-refractivity contribution in [3.8, 4) is 6.01 Å². The number of aromatic nitrogens is 3. The SMILES string of the molecule is CCCCOc1nc(NC)nc(N(CC)CC)n1. The van der Waals surface area contributed by atoms with Gasteiger partial charge in [0.2, 0.25) is 11.9 Å². The molecule has 0 aliphatic carbocycles. The summed E-state index contributed by atoms with van der Waals surface area (Å²) in [6, 6.07) is 0.393. The minimum absolute atomic E-state index is 0.393. The fourth-order valence-corrected chi connectivity index (χ4v) is 1.48. The largest absolute Gasteiger partial charge is 0.463 e. The molecule has 0 aliphatic rings. The Kier molecular flexibility index (Phi) is 6.18. The van der Waals surface area contributed by atoms with Crippen molar-refractivity contribution < 1.29 is 4.74 Å². The Bertz CT molecular complexity index is 354. The summed E-state index contributed by atoms with van der Waals surface area (Å²) >= 11 is 0. The fourth-order valence-electron chi connectivity index (χ4n) is 1.48. The van der Waals surface area contributed by atoms with Crippen LogP contribution in [0.4, 0.5) is 11.9 Å². The summed E-state index contributed by atoms with van der Waals surface area (Å²) < 4.78 is 5.54. The van der Waals surface area contributed by atoms with Crippen LogP contribution in [-0.4, -0.2) is 41.7 Å². The van der Waals surface area contributed by atoms with E-state index < -0.39 is 0 Å². The molecule has 0 atom stereocenters. The number of rotatable bonds is 8. The van der Waals surface area contributed by atoms with E-state index in [2.05, 4.69) is 45.9 Å². The summed E-state index contributed by atoms with van der Waals surface area (Å²) in [6.45, 7) is 8.63. The quantitative estimate of drug-likeness (QED) is 0.714. The highest BCUT2D eigenvalue weighted by Gasteiger charge is 2.11. The zero-order chi connectivity index (χ0) is 13.4. The molecule has 0 unspecified atom stereocenters. The zero-order valence-electron chi connectivity index (χ0n) is 11.7. The lowest BCUT2D eigenvalue weighted by Crippen LogP contribution is -2.25. The molecule has 0 aromatic carbocycles. The van der Waals surface area contributed by atoms with Gasteiger partial charge in [-0.1, -0.05) is 13.3 Å². The van der Waals surface area contributed by atoms with Crippen molar-refractivity contribution >= 4 is 11.9 Å². The topological polar surface area (TPSA) is 63.2 Å². The Morgan fingerprint density at radius 1 is 1.11 bits per heavy atom. The molecule has 102 valence electrons. The molecule has 0 bridgehead atoms. The fraction of sp³-hybridized carbons (Fsp3) is 0.750. The first-order chi connectivity index (χ1) is 8.74. The summed E-state index contributed by atoms with van der Waals surface area (Å²) in [6.07, 6.45) is 2.09. The smallest absolute Gasteiger partial charge is 0.323 e. The van der Waals surface area contributed by atoms with E-state index in [4.69, 9.17) is 4.74 Å². The lowest BCUT2D eigenvalue weighted by Gasteiger charge is -2.19. The summed E-state index contributed by atoms with van der Waals surface area (Å²) in [7, 11) is 1.79. The molecule has 6 nitrogen and oxygen atoms in total. The van der Waals surface area contributed by atoms with Gasteiger partial charge in [0.1, 0.15) is 0 Å². The van der Waals surface area contributed by atoms with Crippen LogP contribution in [0.1, 0.15) is 33.6 Å². The number of hydrogen-bond donors (Lipinski definition) is 1. The molecule has 1 aromatic rings. The van der Waals surface area contributed by atoms with E-state index >= 15 is 0 Å². The normalized spacial score (nSPS) is 10.2. The third kappa shape index (κ3) is 4.01. The van der Waals surface area contributed by atoms with Crippen LogP contribution in [0.25, 0.3) is 0 Å². The number of anilines is 2. The monoisotopic (exact) mass is 253 g/mol. The molecule has 0 aliphatic heterocycles. The first kappa shape index (κ1) is 14.5. The standard InChI is InChI=1S/C12H23N5O/c1-5-8-9-18-12-15-10(13-4)14-11(16-12)17(6-2)7-3/h5-9H2,1-4H3,(H,13,14,15,16). The number of nitrogens with one attached hydrogen (secondary N) is 1. The maximum absolute atomic E-state index is 5.54. The molecule has 0 fully saturated rings. The van der Waals surface area contributed by atoms with Crippen molar-refractivity contribution in [2.75, 3.05) is 37.0 Å². The van der Waals surface area contributed by atoms with Crippen LogP contribution in [-0.2, 0) is 0 Å². The van der Waals surface area contributed by atoms with Gasteiger partial charge in [-0.25, -0.2) is 0 Å². The third-order valence-corrected chi connectivity index (χ3v) is 2.60. The predicted molar refractivity (Wildman–Crippen MR) is 73.3 cm³/mol. The van der Waals surface area contributed by atoms with Crippen LogP contribution in [0.3, 0.4) is 0 Å². The average molecular weight is 253 g/mol. The van der Waals surface area contributed by atoms with Gasteiger partial charge in [-0.3, -0.25) is 0 Å². The maximum Gasteiger partial charge on any atom is 0.323 e. The van der Waals surface area contributed by atoms with E-state index in [1.807, 2.05) is 0 Å². The number of ether oxygens (including phenoxy) is 1. The summed E-state index contributed by atoms with van der Waals surface area (Å²) in [5.41, 5.74) is 0. The van der Waals surface area contributed by atoms with E-state index in [1.54, 1.807) is 7.05 Å². The number of nitrogens with zero attached hydrogens (tertiary/aromatic N) is 4. The van der Waals surface area contributed by atoms with Gasteiger partial charge < -0.3 is 15.0 Å². The molecule has 1 heterocycles. The Morgan fingerprint density at radius 2 is 1.83 bits per heavy atom. The summed E-state index contributed by atoms with van der Waals surface area (Å²) in [4.78, 5) is 14.9. The molecule has 0 saturated heterocycles. The highest BCUT2D eigenvalue weighted by atomic mass is 16.5. The molecule has 0 saturated carbocycles. The summed E-state index contributed by atoms with van der Waals surface area (Å²) in [5.74, 6) is 1.20. The van der Waals surface area contributed by atoms with Crippen LogP contribution in [0.2, 0.25) is 0 Å². The van der Waals surface area contributed by atoms with Gasteiger partial charge in [0.25, 0.3) is 0 Å².